The van der Waals surface area contributed by atoms with Gasteiger partial charge in [0.1, 0.15) is 0 Å². The Kier molecular flexibility index (Phi) is 3.81. The number of amides is 1. The van der Waals surface area contributed by atoms with Gasteiger partial charge in [-0.1, -0.05) is 6.92 Å². The lowest BCUT2D eigenvalue weighted by atomic mass is 10.1. The van der Waals surface area contributed by atoms with Crippen LogP contribution in [0.5, 0.6) is 0 Å². The molecule has 0 spiro atoms. The van der Waals surface area contributed by atoms with E-state index in [9.17, 15) is 4.79 Å². The number of pyridine rings is 1. The van der Waals surface area contributed by atoms with Crippen LogP contribution in [0.4, 0.5) is 5.69 Å². The quantitative estimate of drug-likeness (QED) is 0.631. The van der Waals surface area contributed by atoms with Gasteiger partial charge in [-0.15, -0.1) is 0 Å². The van der Waals surface area contributed by atoms with Crippen LogP contribution < -0.4 is 11.3 Å². The zero-order valence-corrected chi connectivity index (χ0v) is 10.9. The summed E-state index contributed by atoms with van der Waals surface area (Å²) in [7, 11) is 0. The average molecular weight is 248 g/mol. The van der Waals surface area contributed by atoms with Gasteiger partial charge in [-0.25, -0.2) is 0 Å². The van der Waals surface area contributed by atoms with Crippen LogP contribution in [0.1, 0.15) is 43.5 Å². The summed E-state index contributed by atoms with van der Waals surface area (Å²) >= 11 is 0. The average Bonchev–Trinajstić information content (AvgIpc) is 2.79. The first-order chi connectivity index (χ1) is 8.69. The molecule has 1 amide bonds. The monoisotopic (exact) mass is 248 g/mol. The summed E-state index contributed by atoms with van der Waals surface area (Å²) in [6.45, 7) is 4.22. The third-order valence-corrected chi connectivity index (χ3v) is 3.70. The second-order valence-electron chi connectivity index (χ2n) is 4.77. The van der Waals surface area contributed by atoms with Gasteiger partial charge >= 0.3 is 0 Å². The minimum Gasteiger partial charge on any atom is -0.333 e. The number of likely N-dealkylation sites (tertiary alicyclic amines) is 1. The number of nitrogen functional groups attached to an aromatic ring is 1. The number of hydrogen-bond acceptors (Lipinski definition) is 4. The highest BCUT2D eigenvalue weighted by molar-refractivity contribution is 5.99. The van der Waals surface area contributed by atoms with E-state index in [4.69, 9.17) is 5.84 Å². The number of carbonyl (C=O) groups excluding carboxylic acids is 1. The highest BCUT2D eigenvalue weighted by atomic mass is 16.2. The molecule has 5 heteroatoms. The Morgan fingerprint density at radius 3 is 3.06 bits per heavy atom. The van der Waals surface area contributed by atoms with Crippen molar-refractivity contribution in [1.29, 1.82) is 0 Å². The van der Waals surface area contributed by atoms with Crippen LogP contribution >= 0.6 is 0 Å². The fraction of sp³-hybridized carbons (Fsp3) is 0.538. The minimum absolute atomic E-state index is 0.0437. The molecule has 0 aliphatic carbocycles. The van der Waals surface area contributed by atoms with Crippen molar-refractivity contribution in [2.45, 2.75) is 45.2 Å². The number of nitrogens with one attached hydrogen (secondary N) is 1. The van der Waals surface area contributed by atoms with E-state index in [1.165, 1.54) is 0 Å². The Morgan fingerprint density at radius 1 is 1.61 bits per heavy atom. The molecule has 1 aliphatic heterocycles. The first kappa shape index (κ1) is 12.8. The first-order valence-electron chi connectivity index (χ1n) is 6.42. The van der Waals surface area contributed by atoms with E-state index in [0.717, 1.165) is 19.3 Å². The van der Waals surface area contributed by atoms with Gasteiger partial charge in [-0.3, -0.25) is 15.6 Å². The number of anilines is 1. The molecule has 2 atom stereocenters. The molecule has 1 fully saturated rings. The van der Waals surface area contributed by atoms with Crippen LogP contribution in [0.15, 0.2) is 18.5 Å². The molecule has 1 aromatic rings. The fourth-order valence-corrected chi connectivity index (χ4v) is 2.67. The summed E-state index contributed by atoms with van der Waals surface area (Å²) < 4.78 is 0. The Balaban J connectivity index is 2.30. The van der Waals surface area contributed by atoms with Gasteiger partial charge in [0.05, 0.1) is 17.4 Å². The van der Waals surface area contributed by atoms with Crippen molar-refractivity contribution in [3.8, 4) is 0 Å². The molecule has 1 saturated heterocycles. The molecule has 2 heterocycles. The lowest BCUT2D eigenvalue weighted by molar-refractivity contribution is 0.0677. The molecule has 2 rings (SSSR count). The fourth-order valence-electron chi connectivity index (χ4n) is 2.67. The van der Waals surface area contributed by atoms with Gasteiger partial charge in [-0.05, 0) is 32.3 Å². The molecule has 98 valence electrons. The van der Waals surface area contributed by atoms with E-state index in [-0.39, 0.29) is 5.91 Å². The van der Waals surface area contributed by atoms with Crippen molar-refractivity contribution < 1.29 is 4.79 Å². The van der Waals surface area contributed by atoms with E-state index in [0.29, 0.717) is 23.3 Å². The van der Waals surface area contributed by atoms with Crippen molar-refractivity contribution in [3.05, 3.63) is 24.0 Å². The zero-order chi connectivity index (χ0) is 13.1. The van der Waals surface area contributed by atoms with Gasteiger partial charge in [0.15, 0.2) is 0 Å². The van der Waals surface area contributed by atoms with Crippen LogP contribution in [0.25, 0.3) is 0 Å². The Labute approximate surface area is 107 Å². The third kappa shape index (κ3) is 2.18. The number of nitrogens with zero attached hydrogens (tertiary/aromatic N) is 2. The predicted molar refractivity (Wildman–Crippen MR) is 71.0 cm³/mol. The van der Waals surface area contributed by atoms with Crippen molar-refractivity contribution in [2.24, 2.45) is 5.84 Å². The summed E-state index contributed by atoms with van der Waals surface area (Å²) in [5, 5.41) is 0. The van der Waals surface area contributed by atoms with Crippen LogP contribution in [0, 0.1) is 0 Å². The van der Waals surface area contributed by atoms with E-state index in [2.05, 4.69) is 24.3 Å². The number of rotatable bonds is 3. The Morgan fingerprint density at radius 2 is 2.39 bits per heavy atom. The van der Waals surface area contributed by atoms with Gasteiger partial charge in [-0.2, -0.15) is 0 Å². The number of aromatic nitrogens is 1. The van der Waals surface area contributed by atoms with Crippen molar-refractivity contribution in [2.75, 3.05) is 5.43 Å². The van der Waals surface area contributed by atoms with E-state index < -0.39 is 0 Å². The van der Waals surface area contributed by atoms with Crippen LogP contribution in [-0.4, -0.2) is 27.9 Å². The topological polar surface area (TPSA) is 71.2 Å². The van der Waals surface area contributed by atoms with E-state index >= 15 is 0 Å². The molecule has 0 saturated carbocycles. The summed E-state index contributed by atoms with van der Waals surface area (Å²) in [5.41, 5.74) is 3.71. The lowest BCUT2D eigenvalue weighted by Gasteiger charge is -2.28. The molecule has 1 aromatic heterocycles. The highest BCUT2D eigenvalue weighted by Gasteiger charge is 2.34. The number of nitrogens with two attached hydrogens (primary N) is 1. The van der Waals surface area contributed by atoms with E-state index in [1.54, 1.807) is 18.5 Å². The number of hydrazine groups is 1. The number of hydrogen-bond donors (Lipinski definition) is 2. The van der Waals surface area contributed by atoms with Gasteiger partial charge < -0.3 is 10.3 Å². The molecule has 5 nitrogen and oxygen atoms in total. The zero-order valence-electron chi connectivity index (χ0n) is 10.9. The highest BCUT2D eigenvalue weighted by Crippen LogP contribution is 2.29. The van der Waals surface area contributed by atoms with Gasteiger partial charge in [0, 0.05) is 18.3 Å². The van der Waals surface area contributed by atoms with Crippen LogP contribution in [-0.2, 0) is 0 Å². The standard InChI is InChI=1S/C13H20N4O/c1-3-10-5-4-9(2)17(10)13(18)11-6-7-15-8-12(11)16-14/h6-10,16H,3-5,14H2,1-2H3. The molecule has 2 unspecified atom stereocenters. The smallest absolute Gasteiger partial charge is 0.256 e. The Hall–Kier alpha value is -1.62. The molecule has 0 radical (unpaired) electrons. The van der Waals surface area contributed by atoms with Crippen molar-refractivity contribution in [1.82, 2.24) is 9.88 Å². The van der Waals surface area contributed by atoms with E-state index in [1.807, 2.05) is 4.90 Å². The maximum Gasteiger partial charge on any atom is 0.256 e. The largest absolute Gasteiger partial charge is 0.333 e. The van der Waals surface area contributed by atoms with Crippen molar-refractivity contribution in [3.63, 3.8) is 0 Å². The first-order valence-corrected chi connectivity index (χ1v) is 6.42. The maximum atomic E-state index is 12.6. The third-order valence-electron chi connectivity index (χ3n) is 3.70. The SMILES string of the molecule is CCC1CCC(C)N1C(=O)c1ccncc1NN. The van der Waals surface area contributed by atoms with Crippen LogP contribution in [0.2, 0.25) is 0 Å². The summed E-state index contributed by atoms with van der Waals surface area (Å²) in [6, 6.07) is 2.35. The Bertz CT molecular complexity index is 435. The molecule has 18 heavy (non-hydrogen) atoms. The molecule has 3 N–H and O–H groups in total. The normalized spacial score (nSPS) is 23.2. The van der Waals surface area contributed by atoms with Crippen LogP contribution in [0.3, 0.4) is 0 Å². The number of carbonyl (C=O) groups is 1. The molecule has 1 aliphatic rings. The second kappa shape index (κ2) is 5.35. The molecule has 0 bridgehead atoms. The lowest BCUT2D eigenvalue weighted by Crippen LogP contribution is -2.40. The minimum atomic E-state index is 0.0437. The summed E-state index contributed by atoms with van der Waals surface area (Å²) in [5.74, 6) is 5.47. The van der Waals surface area contributed by atoms with Crippen molar-refractivity contribution >= 4 is 11.6 Å². The summed E-state index contributed by atoms with van der Waals surface area (Å²) in [4.78, 5) is 18.6. The molecular formula is C13H20N4O. The molecular weight excluding hydrogens is 228 g/mol. The molecule has 0 aromatic carbocycles. The van der Waals surface area contributed by atoms with Gasteiger partial charge in [0.2, 0.25) is 0 Å². The van der Waals surface area contributed by atoms with Gasteiger partial charge in [0.25, 0.3) is 5.91 Å². The maximum absolute atomic E-state index is 12.6. The predicted octanol–water partition coefficient (Wildman–Crippen LogP) is 1.77. The second-order valence-corrected chi connectivity index (χ2v) is 4.77. The summed E-state index contributed by atoms with van der Waals surface area (Å²) in [6.07, 6.45) is 6.35.